The van der Waals surface area contributed by atoms with E-state index in [9.17, 15) is 9.59 Å². The molecule has 0 N–H and O–H groups in total. The molecule has 0 aliphatic carbocycles. The number of amides is 2. The van der Waals surface area contributed by atoms with E-state index in [2.05, 4.69) is 33.9 Å². The van der Waals surface area contributed by atoms with Crippen molar-refractivity contribution in [2.45, 2.75) is 19.4 Å². The molecule has 7 nitrogen and oxygen atoms in total. The third kappa shape index (κ3) is 4.03. The van der Waals surface area contributed by atoms with Crippen LogP contribution in [-0.2, 0) is 4.79 Å². The molecule has 5 rings (SSSR count). The van der Waals surface area contributed by atoms with Gasteiger partial charge in [-0.3, -0.25) is 19.5 Å². The summed E-state index contributed by atoms with van der Waals surface area (Å²) >= 11 is 1.38. The molecule has 2 aliphatic rings. The zero-order valence-electron chi connectivity index (χ0n) is 18.0. The molecule has 164 valence electrons. The van der Waals surface area contributed by atoms with Crippen LogP contribution in [0.3, 0.4) is 0 Å². The summed E-state index contributed by atoms with van der Waals surface area (Å²) in [5.41, 5.74) is 4.24. The molecule has 2 amide bonds. The average Bonchev–Trinajstić information content (AvgIpc) is 3.49. The van der Waals surface area contributed by atoms with E-state index in [1.807, 2.05) is 39.6 Å². The minimum atomic E-state index is 0.00582. The quantitative estimate of drug-likeness (QED) is 0.615. The van der Waals surface area contributed by atoms with Gasteiger partial charge in [-0.15, -0.1) is 11.3 Å². The zero-order valence-corrected chi connectivity index (χ0v) is 18.8. The largest absolute Gasteiger partial charge is 0.334 e. The number of rotatable bonds is 4. The van der Waals surface area contributed by atoms with Crippen molar-refractivity contribution in [3.8, 4) is 11.1 Å². The zero-order chi connectivity index (χ0) is 22.1. The van der Waals surface area contributed by atoms with Crippen molar-refractivity contribution in [2.75, 3.05) is 37.6 Å². The lowest BCUT2D eigenvalue weighted by Crippen LogP contribution is -2.52. The van der Waals surface area contributed by atoms with Crippen molar-refractivity contribution in [1.29, 1.82) is 0 Å². The van der Waals surface area contributed by atoms with Crippen LogP contribution in [-0.4, -0.2) is 70.3 Å². The normalized spacial score (nSPS) is 19.5. The summed E-state index contributed by atoms with van der Waals surface area (Å²) in [6.45, 7) is 5.63. The Hall–Kier alpha value is -3.10. The van der Waals surface area contributed by atoms with Crippen LogP contribution in [0.1, 0.15) is 21.8 Å². The number of hydrogen-bond acceptors (Lipinski definition) is 6. The Kier molecular flexibility index (Phi) is 5.71. The van der Waals surface area contributed by atoms with E-state index in [-0.39, 0.29) is 17.9 Å². The van der Waals surface area contributed by atoms with Crippen LogP contribution in [0.4, 0.5) is 5.69 Å². The van der Waals surface area contributed by atoms with Crippen molar-refractivity contribution in [3.05, 3.63) is 64.9 Å². The SMILES string of the molecule is Cc1ccncc1-c1cccc(N2CC(N3CCN(C(=O)c4nccs4)CC3)CC2=O)c1. The first-order valence-electron chi connectivity index (χ1n) is 10.8. The van der Waals surface area contributed by atoms with Gasteiger partial charge in [0, 0.05) is 80.4 Å². The first kappa shape index (κ1) is 20.8. The van der Waals surface area contributed by atoms with E-state index in [1.54, 1.807) is 12.4 Å². The first-order chi connectivity index (χ1) is 15.6. The molecule has 2 fully saturated rings. The number of anilines is 1. The highest BCUT2D eigenvalue weighted by molar-refractivity contribution is 7.11. The monoisotopic (exact) mass is 447 g/mol. The number of hydrogen-bond donors (Lipinski definition) is 0. The number of thiazole rings is 1. The molecule has 4 heterocycles. The van der Waals surface area contributed by atoms with E-state index >= 15 is 0 Å². The maximum absolute atomic E-state index is 12.9. The van der Waals surface area contributed by atoms with Gasteiger partial charge in [0.05, 0.1) is 0 Å². The topological polar surface area (TPSA) is 69.6 Å². The second-order valence-electron chi connectivity index (χ2n) is 8.27. The number of aromatic nitrogens is 2. The molecule has 1 unspecified atom stereocenters. The standard InChI is InChI=1S/C24H25N5O2S/c1-17-5-6-25-15-21(17)18-3-2-4-19(13-18)29-16-20(14-22(29)30)27-8-10-28(11-9-27)24(31)23-26-7-12-32-23/h2-7,12-13,15,20H,8-11,14,16H2,1H3. The molecule has 8 heteroatoms. The Labute approximate surface area is 191 Å². The van der Waals surface area contributed by atoms with Crippen LogP contribution in [0, 0.1) is 6.92 Å². The molecule has 32 heavy (non-hydrogen) atoms. The van der Waals surface area contributed by atoms with Crippen molar-refractivity contribution >= 4 is 28.8 Å². The molecular weight excluding hydrogens is 422 g/mol. The molecule has 2 saturated heterocycles. The fourth-order valence-corrected chi connectivity index (χ4v) is 5.15. The molecule has 3 aromatic rings. The van der Waals surface area contributed by atoms with Gasteiger partial charge in [-0.2, -0.15) is 0 Å². The maximum atomic E-state index is 12.9. The van der Waals surface area contributed by atoms with Crippen molar-refractivity contribution in [2.24, 2.45) is 0 Å². The Morgan fingerprint density at radius 1 is 1.12 bits per heavy atom. The van der Waals surface area contributed by atoms with E-state index in [1.165, 1.54) is 11.3 Å². The van der Waals surface area contributed by atoms with E-state index in [0.717, 1.165) is 35.5 Å². The van der Waals surface area contributed by atoms with Crippen molar-refractivity contribution in [1.82, 2.24) is 19.8 Å². The number of carbonyl (C=O) groups is 2. The van der Waals surface area contributed by atoms with Gasteiger partial charge in [0.15, 0.2) is 5.01 Å². The third-order valence-electron chi connectivity index (χ3n) is 6.35. The van der Waals surface area contributed by atoms with Gasteiger partial charge >= 0.3 is 0 Å². The summed E-state index contributed by atoms with van der Waals surface area (Å²) in [7, 11) is 0. The third-order valence-corrected chi connectivity index (χ3v) is 7.11. The molecule has 0 saturated carbocycles. The van der Waals surface area contributed by atoms with E-state index < -0.39 is 0 Å². The highest BCUT2D eigenvalue weighted by atomic mass is 32.1. The summed E-state index contributed by atoms with van der Waals surface area (Å²) in [4.78, 5) is 39.9. The summed E-state index contributed by atoms with van der Waals surface area (Å²) in [5, 5.41) is 2.37. The molecule has 2 aromatic heterocycles. The minimum absolute atomic E-state index is 0.00582. The molecule has 0 spiro atoms. The van der Waals surface area contributed by atoms with Gasteiger partial charge in [0.2, 0.25) is 5.91 Å². The van der Waals surface area contributed by atoms with Crippen LogP contribution in [0.5, 0.6) is 0 Å². The highest BCUT2D eigenvalue weighted by Crippen LogP contribution is 2.30. The minimum Gasteiger partial charge on any atom is -0.334 e. The fraction of sp³-hybridized carbons (Fsp3) is 0.333. The van der Waals surface area contributed by atoms with Crippen molar-refractivity contribution in [3.63, 3.8) is 0 Å². The Morgan fingerprint density at radius 3 is 2.72 bits per heavy atom. The van der Waals surface area contributed by atoms with Gasteiger partial charge in [0.1, 0.15) is 0 Å². The fourth-order valence-electron chi connectivity index (χ4n) is 4.54. The van der Waals surface area contributed by atoms with Gasteiger partial charge in [0.25, 0.3) is 5.91 Å². The number of benzene rings is 1. The lowest BCUT2D eigenvalue weighted by Gasteiger charge is -2.37. The Balaban J connectivity index is 1.25. The number of piperazine rings is 1. The summed E-state index contributed by atoms with van der Waals surface area (Å²) in [5.74, 6) is 0.155. The summed E-state index contributed by atoms with van der Waals surface area (Å²) in [6, 6.07) is 10.3. The van der Waals surface area contributed by atoms with Crippen LogP contribution in [0.2, 0.25) is 0 Å². The average molecular weight is 448 g/mol. The highest BCUT2D eigenvalue weighted by Gasteiger charge is 2.36. The second kappa shape index (κ2) is 8.80. The predicted molar refractivity (Wildman–Crippen MR) is 125 cm³/mol. The molecule has 0 bridgehead atoms. The Bertz CT molecular complexity index is 1120. The van der Waals surface area contributed by atoms with E-state index in [4.69, 9.17) is 0 Å². The number of aryl methyl sites for hydroxylation is 1. The molecule has 1 aromatic carbocycles. The molecule has 2 aliphatic heterocycles. The van der Waals surface area contributed by atoms with Crippen LogP contribution in [0.15, 0.2) is 54.3 Å². The Morgan fingerprint density at radius 2 is 1.97 bits per heavy atom. The van der Waals surface area contributed by atoms with Gasteiger partial charge in [-0.1, -0.05) is 12.1 Å². The molecule has 0 radical (unpaired) electrons. The van der Waals surface area contributed by atoms with Gasteiger partial charge in [-0.05, 0) is 36.2 Å². The number of nitrogens with zero attached hydrogens (tertiary/aromatic N) is 5. The maximum Gasteiger partial charge on any atom is 0.282 e. The first-order valence-corrected chi connectivity index (χ1v) is 11.7. The lowest BCUT2D eigenvalue weighted by atomic mass is 10.0. The molecule has 1 atom stereocenters. The van der Waals surface area contributed by atoms with Gasteiger partial charge in [-0.25, -0.2) is 4.98 Å². The lowest BCUT2D eigenvalue weighted by molar-refractivity contribution is -0.117. The number of carbonyl (C=O) groups excluding carboxylic acids is 2. The summed E-state index contributed by atoms with van der Waals surface area (Å²) < 4.78 is 0. The van der Waals surface area contributed by atoms with Crippen LogP contribution >= 0.6 is 11.3 Å². The summed E-state index contributed by atoms with van der Waals surface area (Å²) in [6.07, 6.45) is 5.84. The second-order valence-corrected chi connectivity index (χ2v) is 9.16. The predicted octanol–water partition coefficient (Wildman–Crippen LogP) is 3.08. The van der Waals surface area contributed by atoms with Crippen molar-refractivity contribution < 1.29 is 9.59 Å². The molecular formula is C24H25N5O2S. The van der Waals surface area contributed by atoms with Crippen LogP contribution < -0.4 is 4.90 Å². The van der Waals surface area contributed by atoms with Crippen LogP contribution in [0.25, 0.3) is 11.1 Å². The van der Waals surface area contributed by atoms with E-state index in [0.29, 0.717) is 31.1 Å². The number of pyridine rings is 1. The smallest absolute Gasteiger partial charge is 0.282 e. The van der Waals surface area contributed by atoms with Gasteiger partial charge < -0.3 is 9.80 Å².